The number of rotatable bonds is 3. The lowest BCUT2D eigenvalue weighted by molar-refractivity contribution is -0.385. The molecule has 0 heterocycles. The van der Waals surface area contributed by atoms with Crippen molar-refractivity contribution in [2.45, 2.75) is 38.6 Å². The maximum Gasteiger partial charge on any atom is 0.282 e. The van der Waals surface area contributed by atoms with Crippen LogP contribution in [0, 0.1) is 21.8 Å². The third-order valence-corrected chi connectivity index (χ3v) is 3.83. The Morgan fingerprint density at radius 2 is 2.10 bits per heavy atom. The standard InChI is InChI=1S/C14H17FN2O3/c1-9-4-2-3-5-12(9)16-14(18)11-8-10(15)6-7-13(11)17(19)20/h6-9,12H,2-5H2,1H3,(H,16,18). The number of hydrogen-bond acceptors (Lipinski definition) is 3. The molecule has 2 atom stereocenters. The highest BCUT2D eigenvalue weighted by atomic mass is 19.1. The molecule has 6 heteroatoms. The molecule has 0 aliphatic heterocycles. The van der Waals surface area contributed by atoms with E-state index >= 15 is 0 Å². The molecule has 0 spiro atoms. The highest BCUT2D eigenvalue weighted by molar-refractivity contribution is 5.98. The Hall–Kier alpha value is -1.98. The molecule has 0 radical (unpaired) electrons. The van der Waals surface area contributed by atoms with E-state index in [4.69, 9.17) is 0 Å². The lowest BCUT2D eigenvalue weighted by atomic mass is 9.86. The van der Waals surface area contributed by atoms with E-state index in [1.807, 2.05) is 6.92 Å². The van der Waals surface area contributed by atoms with Crippen LogP contribution in [0.3, 0.4) is 0 Å². The molecule has 0 aromatic heterocycles. The summed E-state index contributed by atoms with van der Waals surface area (Å²) in [6, 6.07) is 2.92. The first-order valence-electron chi connectivity index (χ1n) is 6.74. The predicted octanol–water partition coefficient (Wildman–Crippen LogP) is 3.04. The van der Waals surface area contributed by atoms with Crippen LogP contribution in [-0.4, -0.2) is 16.9 Å². The van der Waals surface area contributed by atoms with Crippen LogP contribution >= 0.6 is 0 Å². The van der Waals surface area contributed by atoms with Crippen molar-refractivity contribution in [3.8, 4) is 0 Å². The van der Waals surface area contributed by atoms with Gasteiger partial charge in [0, 0.05) is 12.1 Å². The molecule has 1 aliphatic rings. The quantitative estimate of drug-likeness (QED) is 0.683. The minimum absolute atomic E-state index is 0.000813. The summed E-state index contributed by atoms with van der Waals surface area (Å²) in [5.74, 6) is -0.896. The lowest BCUT2D eigenvalue weighted by Gasteiger charge is -2.29. The van der Waals surface area contributed by atoms with E-state index < -0.39 is 16.6 Å². The third kappa shape index (κ3) is 3.12. The largest absolute Gasteiger partial charge is 0.349 e. The number of nitrogens with zero attached hydrogens (tertiary/aromatic N) is 1. The molecule has 20 heavy (non-hydrogen) atoms. The van der Waals surface area contributed by atoms with E-state index in [1.54, 1.807) is 0 Å². The van der Waals surface area contributed by atoms with Crippen LogP contribution in [-0.2, 0) is 0 Å². The summed E-state index contributed by atoms with van der Waals surface area (Å²) in [7, 11) is 0. The summed E-state index contributed by atoms with van der Waals surface area (Å²) in [5.41, 5.74) is -0.583. The Labute approximate surface area is 116 Å². The zero-order valence-corrected chi connectivity index (χ0v) is 11.3. The number of amides is 1. The summed E-state index contributed by atoms with van der Waals surface area (Å²) >= 11 is 0. The summed E-state index contributed by atoms with van der Waals surface area (Å²) in [6.45, 7) is 2.05. The second-order valence-electron chi connectivity index (χ2n) is 5.26. The monoisotopic (exact) mass is 280 g/mol. The number of hydrogen-bond donors (Lipinski definition) is 1. The topological polar surface area (TPSA) is 72.2 Å². The highest BCUT2D eigenvalue weighted by Crippen LogP contribution is 2.25. The van der Waals surface area contributed by atoms with Gasteiger partial charge in [0.1, 0.15) is 11.4 Å². The van der Waals surface area contributed by atoms with Crippen LogP contribution < -0.4 is 5.32 Å². The van der Waals surface area contributed by atoms with Crippen molar-refractivity contribution >= 4 is 11.6 Å². The molecule has 1 fully saturated rings. The normalized spacial score (nSPS) is 22.3. The molecule has 1 aliphatic carbocycles. The van der Waals surface area contributed by atoms with E-state index in [-0.39, 0.29) is 17.3 Å². The fraction of sp³-hybridized carbons (Fsp3) is 0.500. The van der Waals surface area contributed by atoms with Crippen molar-refractivity contribution < 1.29 is 14.1 Å². The molecule has 2 rings (SSSR count). The van der Waals surface area contributed by atoms with Gasteiger partial charge in [-0.15, -0.1) is 0 Å². The zero-order valence-electron chi connectivity index (χ0n) is 11.3. The number of carbonyl (C=O) groups is 1. The first kappa shape index (κ1) is 14.4. The maximum atomic E-state index is 13.2. The van der Waals surface area contributed by atoms with Gasteiger partial charge < -0.3 is 5.32 Å². The smallest absolute Gasteiger partial charge is 0.282 e. The Kier molecular flexibility index (Phi) is 4.32. The molecular formula is C14H17FN2O3. The minimum Gasteiger partial charge on any atom is -0.349 e. The highest BCUT2D eigenvalue weighted by Gasteiger charge is 2.26. The van der Waals surface area contributed by atoms with Gasteiger partial charge in [-0.1, -0.05) is 19.8 Å². The molecule has 108 valence electrons. The molecule has 1 N–H and O–H groups in total. The van der Waals surface area contributed by atoms with Gasteiger partial charge in [0.05, 0.1) is 4.92 Å². The summed E-state index contributed by atoms with van der Waals surface area (Å²) in [6.07, 6.45) is 4.04. The molecule has 1 aromatic carbocycles. The average Bonchev–Trinajstić information content (AvgIpc) is 2.40. The van der Waals surface area contributed by atoms with Crippen LogP contribution in [0.1, 0.15) is 43.0 Å². The summed E-state index contributed by atoms with van der Waals surface area (Å²) in [5, 5.41) is 13.7. The van der Waals surface area contributed by atoms with E-state index in [0.717, 1.165) is 43.9 Å². The van der Waals surface area contributed by atoms with E-state index in [1.165, 1.54) is 0 Å². The number of nitro groups is 1. The van der Waals surface area contributed by atoms with Crippen LogP contribution in [0.2, 0.25) is 0 Å². The van der Waals surface area contributed by atoms with E-state index in [9.17, 15) is 19.3 Å². The average molecular weight is 280 g/mol. The van der Waals surface area contributed by atoms with Gasteiger partial charge in [-0.2, -0.15) is 0 Å². The number of nitrogens with one attached hydrogen (secondary N) is 1. The molecule has 2 unspecified atom stereocenters. The number of benzene rings is 1. The van der Waals surface area contributed by atoms with Gasteiger partial charge in [-0.3, -0.25) is 14.9 Å². The molecule has 1 amide bonds. The first-order chi connectivity index (χ1) is 9.49. The Morgan fingerprint density at radius 1 is 1.40 bits per heavy atom. The predicted molar refractivity (Wildman–Crippen MR) is 71.9 cm³/mol. The Morgan fingerprint density at radius 3 is 2.75 bits per heavy atom. The Balaban J connectivity index is 2.20. The molecule has 5 nitrogen and oxygen atoms in total. The van der Waals surface area contributed by atoms with Crippen LogP contribution in [0.15, 0.2) is 18.2 Å². The molecule has 1 saturated carbocycles. The fourth-order valence-corrected chi connectivity index (χ4v) is 2.63. The van der Waals surface area contributed by atoms with E-state index in [0.29, 0.717) is 5.92 Å². The van der Waals surface area contributed by atoms with Gasteiger partial charge in [0.2, 0.25) is 0 Å². The third-order valence-electron chi connectivity index (χ3n) is 3.83. The first-order valence-corrected chi connectivity index (χ1v) is 6.74. The molecule has 1 aromatic rings. The van der Waals surface area contributed by atoms with Crippen molar-refractivity contribution in [1.82, 2.24) is 5.32 Å². The molecular weight excluding hydrogens is 263 g/mol. The number of halogens is 1. The minimum atomic E-state index is -0.668. The van der Waals surface area contributed by atoms with Crippen LogP contribution in [0.5, 0.6) is 0 Å². The van der Waals surface area contributed by atoms with Gasteiger partial charge >= 0.3 is 0 Å². The van der Waals surface area contributed by atoms with Gasteiger partial charge in [-0.05, 0) is 30.9 Å². The number of carbonyl (C=O) groups excluding carboxylic acids is 1. The zero-order chi connectivity index (χ0) is 14.7. The second-order valence-corrected chi connectivity index (χ2v) is 5.26. The van der Waals surface area contributed by atoms with Gasteiger partial charge in [0.15, 0.2) is 0 Å². The SMILES string of the molecule is CC1CCCCC1NC(=O)c1cc(F)ccc1[N+](=O)[O-]. The summed E-state index contributed by atoms with van der Waals surface area (Å²) in [4.78, 5) is 22.4. The van der Waals surface area contributed by atoms with Gasteiger partial charge in [-0.25, -0.2) is 4.39 Å². The van der Waals surface area contributed by atoms with Gasteiger partial charge in [0.25, 0.3) is 11.6 Å². The maximum absolute atomic E-state index is 13.2. The number of nitro benzene ring substituents is 1. The van der Waals surface area contributed by atoms with Crippen molar-refractivity contribution in [3.05, 3.63) is 39.7 Å². The van der Waals surface area contributed by atoms with Crippen molar-refractivity contribution in [3.63, 3.8) is 0 Å². The van der Waals surface area contributed by atoms with Crippen molar-refractivity contribution in [2.75, 3.05) is 0 Å². The van der Waals surface area contributed by atoms with E-state index in [2.05, 4.69) is 5.32 Å². The lowest BCUT2D eigenvalue weighted by Crippen LogP contribution is -2.41. The summed E-state index contributed by atoms with van der Waals surface area (Å²) < 4.78 is 13.2. The van der Waals surface area contributed by atoms with Crippen molar-refractivity contribution in [2.24, 2.45) is 5.92 Å². The Bertz CT molecular complexity index is 533. The molecule has 0 bridgehead atoms. The molecule has 0 saturated heterocycles. The second kappa shape index (κ2) is 5.98. The van der Waals surface area contributed by atoms with Crippen LogP contribution in [0.25, 0.3) is 0 Å². The van der Waals surface area contributed by atoms with Crippen LogP contribution in [0.4, 0.5) is 10.1 Å². The van der Waals surface area contributed by atoms with Crippen molar-refractivity contribution in [1.29, 1.82) is 0 Å². The fourth-order valence-electron chi connectivity index (χ4n) is 2.63.